The summed E-state index contributed by atoms with van der Waals surface area (Å²) < 4.78 is 32.5. The zero-order valence-corrected chi connectivity index (χ0v) is 14.1. The normalized spacial score (nSPS) is 11.6. The van der Waals surface area contributed by atoms with E-state index in [1.54, 1.807) is 6.07 Å². The van der Waals surface area contributed by atoms with E-state index in [0.29, 0.717) is 10.2 Å². The highest BCUT2D eigenvalue weighted by Crippen LogP contribution is 2.27. The van der Waals surface area contributed by atoms with Crippen molar-refractivity contribution >= 4 is 37.3 Å². The summed E-state index contributed by atoms with van der Waals surface area (Å²) in [7, 11) is -2.04. The lowest BCUT2D eigenvalue weighted by Gasteiger charge is -2.08. The van der Waals surface area contributed by atoms with Crippen molar-refractivity contribution in [2.24, 2.45) is 0 Å². The Morgan fingerprint density at radius 2 is 2.20 bits per heavy atom. The summed E-state index contributed by atoms with van der Waals surface area (Å²) in [5.74, 6) is 0.583. The third-order valence-electron chi connectivity index (χ3n) is 2.51. The maximum Gasteiger partial charge on any atom is 0.240 e. The van der Waals surface area contributed by atoms with Gasteiger partial charge in [-0.15, -0.1) is 11.3 Å². The van der Waals surface area contributed by atoms with Crippen molar-refractivity contribution < 1.29 is 13.2 Å². The van der Waals surface area contributed by atoms with Gasteiger partial charge < -0.3 is 4.74 Å². The summed E-state index contributed by atoms with van der Waals surface area (Å²) in [5, 5.41) is 2.62. The number of rotatable bonds is 5. The highest BCUT2D eigenvalue weighted by Gasteiger charge is 2.16. The van der Waals surface area contributed by atoms with E-state index in [-0.39, 0.29) is 11.4 Å². The van der Waals surface area contributed by atoms with Crippen LogP contribution in [0.15, 0.2) is 32.9 Å². The Morgan fingerprint density at radius 3 is 2.75 bits per heavy atom. The van der Waals surface area contributed by atoms with E-state index in [2.05, 4.69) is 25.6 Å². The van der Waals surface area contributed by atoms with Gasteiger partial charge in [-0.1, -0.05) is 0 Å². The van der Waals surface area contributed by atoms with Gasteiger partial charge in [-0.05, 0) is 41.1 Å². The van der Waals surface area contributed by atoms with E-state index >= 15 is 0 Å². The summed E-state index contributed by atoms with van der Waals surface area (Å²) in [4.78, 5) is 4.39. The van der Waals surface area contributed by atoms with Crippen LogP contribution in [-0.4, -0.2) is 20.5 Å². The molecule has 1 N–H and O–H groups in total. The van der Waals surface area contributed by atoms with Gasteiger partial charge in [0.2, 0.25) is 10.0 Å². The lowest BCUT2D eigenvalue weighted by atomic mass is 10.3. The van der Waals surface area contributed by atoms with Crippen LogP contribution in [0, 0.1) is 6.92 Å². The summed E-state index contributed by atoms with van der Waals surface area (Å²) in [6.07, 6.45) is 0. The van der Waals surface area contributed by atoms with E-state index < -0.39 is 10.0 Å². The van der Waals surface area contributed by atoms with Crippen LogP contribution in [0.5, 0.6) is 5.75 Å². The first kappa shape index (κ1) is 15.4. The fraction of sp³-hybridized carbons (Fsp3) is 0.250. The van der Waals surface area contributed by atoms with Gasteiger partial charge in [0, 0.05) is 11.1 Å². The Hall–Kier alpha value is -0.960. The molecule has 0 unspecified atom stereocenters. The van der Waals surface area contributed by atoms with Crippen molar-refractivity contribution in [1.82, 2.24) is 9.71 Å². The van der Waals surface area contributed by atoms with Crippen LogP contribution in [0.25, 0.3) is 0 Å². The summed E-state index contributed by atoms with van der Waals surface area (Å²) in [6, 6.07) is 4.61. The Kier molecular flexibility index (Phi) is 4.79. The molecular formula is C12H13BrN2O3S2. The number of nitrogens with zero attached hydrogens (tertiary/aromatic N) is 1. The first-order valence-corrected chi connectivity index (χ1v) is 8.82. The van der Waals surface area contributed by atoms with E-state index in [1.165, 1.54) is 30.6 Å². The largest absolute Gasteiger partial charge is 0.496 e. The van der Waals surface area contributed by atoms with Crippen molar-refractivity contribution in [3.8, 4) is 5.75 Å². The predicted octanol–water partition coefficient (Wildman–Crippen LogP) is 2.70. The number of aromatic nitrogens is 1. The van der Waals surface area contributed by atoms with Gasteiger partial charge in [0.05, 0.1) is 23.0 Å². The van der Waals surface area contributed by atoms with Gasteiger partial charge in [0.25, 0.3) is 0 Å². The molecule has 0 saturated carbocycles. The molecular weight excluding hydrogens is 364 g/mol. The molecule has 0 aliphatic carbocycles. The number of sulfonamides is 1. The first-order valence-electron chi connectivity index (χ1n) is 5.66. The molecule has 108 valence electrons. The highest BCUT2D eigenvalue weighted by molar-refractivity contribution is 9.10. The van der Waals surface area contributed by atoms with Gasteiger partial charge >= 0.3 is 0 Å². The second kappa shape index (κ2) is 6.21. The Morgan fingerprint density at radius 1 is 1.45 bits per heavy atom. The molecule has 2 aromatic rings. The molecule has 8 heteroatoms. The predicted molar refractivity (Wildman–Crippen MR) is 81.6 cm³/mol. The van der Waals surface area contributed by atoms with Crippen LogP contribution in [0.2, 0.25) is 0 Å². The molecule has 5 nitrogen and oxygen atoms in total. The molecule has 0 saturated heterocycles. The van der Waals surface area contributed by atoms with E-state index in [0.717, 1.165) is 10.7 Å². The smallest absolute Gasteiger partial charge is 0.240 e. The van der Waals surface area contributed by atoms with Crippen LogP contribution in [0.4, 0.5) is 0 Å². The number of thiazole rings is 1. The maximum atomic E-state index is 12.2. The molecule has 2 rings (SSSR count). The van der Waals surface area contributed by atoms with Gasteiger partial charge in [-0.3, -0.25) is 0 Å². The highest BCUT2D eigenvalue weighted by atomic mass is 79.9. The topological polar surface area (TPSA) is 68.3 Å². The minimum absolute atomic E-state index is 0.179. The number of aryl methyl sites for hydroxylation is 1. The van der Waals surface area contributed by atoms with Crippen molar-refractivity contribution in [2.45, 2.75) is 18.4 Å². The van der Waals surface area contributed by atoms with Gasteiger partial charge in [0.1, 0.15) is 10.8 Å². The van der Waals surface area contributed by atoms with Crippen molar-refractivity contribution in [3.63, 3.8) is 0 Å². The van der Waals surface area contributed by atoms with E-state index in [4.69, 9.17) is 4.74 Å². The molecule has 0 aliphatic heterocycles. The molecule has 0 bridgehead atoms. The van der Waals surface area contributed by atoms with Crippen LogP contribution in [0.3, 0.4) is 0 Å². The van der Waals surface area contributed by atoms with Crippen molar-refractivity contribution in [1.29, 1.82) is 0 Å². The number of ether oxygens (including phenoxy) is 1. The van der Waals surface area contributed by atoms with Crippen LogP contribution in [-0.2, 0) is 16.6 Å². The minimum Gasteiger partial charge on any atom is -0.496 e. The monoisotopic (exact) mass is 376 g/mol. The van der Waals surface area contributed by atoms with Crippen LogP contribution in [0.1, 0.15) is 10.7 Å². The number of halogens is 1. The zero-order valence-electron chi connectivity index (χ0n) is 10.9. The summed E-state index contributed by atoms with van der Waals surface area (Å²) in [5.41, 5.74) is 0.886. The molecule has 0 atom stereocenters. The Bertz CT molecular complexity index is 713. The van der Waals surface area contributed by atoms with Crippen LogP contribution >= 0.6 is 27.3 Å². The fourth-order valence-electron chi connectivity index (χ4n) is 1.54. The second-order valence-corrected chi connectivity index (χ2v) is 7.57. The van der Waals surface area contributed by atoms with Gasteiger partial charge in [0.15, 0.2) is 0 Å². The summed E-state index contributed by atoms with van der Waals surface area (Å²) >= 11 is 4.70. The molecule has 0 spiro atoms. The zero-order chi connectivity index (χ0) is 14.8. The molecule has 1 heterocycles. The molecule has 0 amide bonds. The SMILES string of the molecule is COc1ccc(S(=O)(=O)NCc2nc(C)cs2)cc1Br. The quantitative estimate of drug-likeness (QED) is 0.870. The van der Waals surface area contributed by atoms with E-state index in [9.17, 15) is 8.42 Å². The third kappa shape index (κ3) is 3.57. The average molecular weight is 377 g/mol. The maximum absolute atomic E-state index is 12.2. The molecule has 20 heavy (non-hydrogen) atoms. The molecule has 1 aromatic heterocycles. The average Bonchev–Trinajstić information content (AvgIpc) is 2.82. The van der Waals surface area contributed by atoms with Crippen molar-refractivity contribution in [3.05, 3.63) is 38.8 Å². The summed E-state index contributed by atoms with van der Waals surface area (Å²) in [6.45, 7) is 2.06. The van der Waals surface area contributed by atoms with Gasteiger partial charge in [-0.2, -0.15) is 0 Å². The number of nitrogens with one attached hydrogen (secondary N) is 1. The number of hydrogen-bond acceptors (Lipinski definition) is 5. The second-order valence-electron chi connectivity index (χ2n) is 4.00. The fourth-order valence-corrected chi connectivity index (χ4v) is 4.05. The Labute approximate surface area is 130 Å². The van der Waals surface area contributed by atoms with Crippen molar-refractivity contribution in [2.75, 3.05) is 7.11 Å². The standard InChI is InChI=1S/C12H13BrN2O3S2/c1-8-7-19-12(15-8)6-14-20(16,17)9-3-4-11(18-2)10(13)5-9/h3-5,7,14H,6H2,1-2H3. The molecule has 1 aromatic carbocycles. The lowest BCUT2D eigenvalue weighted by Crippen LogP contribution is -2.23. The molecule has 0 fully saturated rings. The van der Waals surface area contributed by atoms with Crippen LogP contribution < -0.4 is 9.46 Å². The van der Waals surface area contributed by atoms with Gasteiger partial charge in [-0.25, -0.2) is 18.1 Å². The number of methoxy groups -OCH3 is 1. The Balaban J connectivity index is 2.15. The third-order valence-corrected chi connectivity index (χ3v) is 5.50. The number of hydrogen-bond donors (Lipinski definition) is 1. The molecule has 0 aliphatic rings. The number of benzene rings is 1. The first-order chi connectivity index (χ1) is 9.42. The lowest BCUT2D eigenvalue weighted by molar-refractivity contribution is 0.411. The van der Waals surface area contributed by atoms with E-state index in [1.807, 2.05) is 12.3 Å². The molecule has 0 radical (unpaired) electrons. The minimum atomic E-state index is -3.57.